The van der Waals surface area contributed by atoms with E-state index >= 15 is 0 Å². The second kappa shape index (κ2) is 9.08. The number of carbonyl (C=O) groups excluding carboxylic acids is 2. The van der Waals surface area contributed by atoms with Gasteiger partial charge in [-0.25, -0.2) is 9.78 Å². The van der Waals surface area contributed by atoms with Crippen molar-refractivity contribution in [3.63, 3.8) is 0 Å². The van der Waals surface area contributed by atoms with E-state index in [0.717, 1.165) is 11.3 Å². The lowest BCUT2D eigenvalue weighted by molar-refractivity contribution is 0.0600. The molecule has 0 aliphatic heterocycles. The lowest BCUT2D eigenvalue weighted by atomic mass is 10.2. The lowest BCUT2D eigenvalue weighted by Gasteiger charge is -2.12. The van der Waals surface area contributed by atoms with Crippen molar-refractivity contribution in [1.29, 1.82) is 0 Å². The number of rotatable bonds is 8. The number of benzene rings is 1. The highest BCUT2D eigenvalue weighted by Gasteiger charge is 2.19. The fraction of sp³-hybridized carbons (Fsp3) is 0.333. The van der Waals surface area contributed by atoms with Crippen LogP contribution >= 0.6 is 11.3 Å². The SMILES string of the molecule is CCc1nc2sc(C(N)=O)c(C)c2c(=O)n1CCCOc1ccc(C(=O)OC)cc1. The Morgan fingerprint density at radius 2 is 1.93 bits per heavy atom. The van der Waals surface area contributed by atoms with Crippen LogP contribution in [0, 0.1) is 6.92 Å². The summed E-state index contributed by atoms with van der Waals surface area (Å²) >= 11 is 1.16. The lowest BCUT2D eigenvalue weighted by Crippen LogP contribution is -2.26. The Balaban J connectivity index is 1.73. The highest BCUT2D eigenvalue weighted by atomic mass is 32.1. The zero-order chi connectivity index (χ0) is 21.8. The van der Waals surface area contributed by atoms with Gasteiger partial charge in [-0.1, -0.05) is 6.92 Å². The molecule has 158 valence electrons. The van der Waals surface area contributed by atoms with Crippen molar-refractivity contribution in [2.24, 2.45) is 5.73 Å². The minimum absolute atomic E-state index is 0.166. The van der Waals surface area contributed by atoms with Crippen LogP contribution in [-0.2, 0) is 17.7 Å². The molecule has 0 saturated carbocycles. The van der Waals surface area contributed by atoms with E-state index in [1.54, 1.807) is 35.8 Å². The van der Waals surface area contributed by atoms with Gasteiger partial charge in [0.25, 0.3) is 11.5 Å². The van der Waals surface area contributed by atoms with Gasteiger partial charge < -0.3 is 15.2 Å². The second-order valence-electron chi connectivity index (χ2n) is 6.66. The topological polar surface area (TPSA) is 114 Å². The number of ether oxygens (including phenoxy) is 2. The maximum absolute atomic E-state index is 13.1. The van der Waals surface area contributed by atoms with Gasteiger partial charge in [0.1, 0.15) is 16.4 Å². The molecule has 3 rings (SSSR count). The first-order chi connectivity index (χ1) is 14.4. The van der Waals surface area contributed by atoms with E-state index in [1.807, 2.05) is 6.92 Å². The zero-order valence-corrected chi connectivity index (χ0v) is 17.9. The van der Waals surface area contributed by atoms with E-state index < -0.39 is 11.9 Å². The molecule has 0 radical (unpaired) electrons. The van der Waals surface area contributed by atoms with Crippen LogP contribution in [0.25, 0.3) is 10.2 Å². The van der Waals surface area contributed by atoms with Gasteiger partial charge in [0.05, 0.1) is 29.5 Å². The van der Waals surface area contributed by atoms with Gasteiger partial charge in [-0.2, -0.15) is 0 Å². The van der Waals surface area contributed by atoms with Crippen molar-refractivity contribution in [1.82, 2.24) is 9.55 Å². The molecule has 3 aromatic rings. The van der Waals surface area contributed by atoms with Gasteiger partial charge in [0.15, 0.2) is 0 Å². The fourth-order valence-electron chi connectivity index (χ4n) is 3.21. The maximum atomic E-state index is 13.1. The largest absolute Gasteiger partial charge is 0.494 e. The molecule has 2 heterocycles. The van der Waals surface area contributed by atoms with E-state index in [2.05, 4.69) is 9.72 Å². The van der Waals surface area contributed by atoms with E-state index in [1.165, 1.54) is 7.11 Å². The van der Waals surface area contributed by atoms with Crippen molar-refractivity contribution < 1.29 is 19.1 Å². The number of nitrogens with zero attached hydrogens (tertiary/aromatic N) is 2. The zero-order valence-electron chi connectivity index (χ0n) is 17.1. The Labute approximate surface area is 177 Å². The van der Waals surface area contributed by atoms with Crippen LogP contribution in [0.5, 0.6) is 5.75 Å². The van der Waals surface area contributed by atoms with Gasteiger partial charge in [-0.3, -0.25) is 14.2 Å². The van der Waals surface area contributed by atoms with Gasteiger partial charge in [0, 0.05) is 13.0 Å². The number of aryl methyl sites for hydroxylation is 2. The molecule has 1 amide bonds. The van der Waals surface area contributed by atoms with Crippen LogP contribution in [0.2, 0.25) is 0 Å². The summed E-state index contributed by atoms with van der Waals surface area (Å²) in [6.45, 7) is 4.48. The molecule has 2 aromatic heterocycles. The van der Waals surface area contributed by atoms with Gasteiger partial charge >= 0.3 is 5.97 Å². The number of hydrogen-bond donors (Lipinski definition) is 1. The first-order valence-electron chi connectivity index (χ1n) is 9.51. The first kappa shape index (κ1) is 21.5. The maximum Gasteiger partial charge on any atom is 0.337 e. The molecule has 0 spiro atoms. The summed E-state index contributed by atoms with van der Waals surface area (Å²) in [7, 11) is 1.33. The second-order valence-corrected chi connectivity index (χ2v) is 7.66. The van der Waals surface area contributed by atoms with Crippen LogP contribution in [0.4, 0.5) is 0 Å². The summed E-state index contributed by atoms with van der Waals surface area (Å²) in [5.41, 5.74) is 6.28. The minimum atomic E-state index is -0.550. The van der Waals surface area contributed by atoms with Crippen molar-refractivity contribution in [2.75, 3.05) is 13.7 Å². The van der Waals surface area contributed by atoms with Gasteiger partial charge in [-0.15, -0.1) is 11.3 Å². The third-order valence-electron chi connectivity index (χ3n) is 4.74. The number of fused-ring (bicyclic) bond motifs is 1. The number of hydrogen-bond acceptors (Lipinski definition) is 7. The number of esters is 1. The third-order valence-corrected chi connectivity index (χ3v) is 5.94. The molecular formula is C21H23N3O5S. The number of primary amides is 1. The molecule has 0 bridgehead atoms. The van der Waals surface area contributed by atoms with E-state index in [0.29, 0.717) is 63.8 Å². The average Bonchev–Trinajstić information content (AvgIpc) is 3.08. The Kier molecular flexibility index (Phi) is 6.51. The van der Waals surface area contributed by atoms with Crippen LogP contribution in [0.1, 0.15) is 44.8 Å². The highest BCUT2D eigenvalue weighted by Crippen LogP contribution is 2.27. The van der Waals surface area contributed by atoms with Crippen LogP contribution in [0.3, 0.4) is 0 Å². The third kappa shape index (κ3) is 4.20. The molecule has 0 fully saturated rings. The standard InChI is InChI=1S/C21H23N3O5S/c1-4-15-23-19-16(12(2)17(30-19)18(22)25)20(26)24(15)10-5-11-29-14-8-6-13(7-9-14)21(27)28-3/h6-9H,4-5,10-11H2,1-3H3,(H2,22,25). The first-order valence-corrected chi connectivity index (χ1v) is 10.3. The summed E-state index contributed by atoms with van der Waals surface area (Å²) in [6, 6.07) is 6.66. The van der Waals surface area contributed by atoms with Crippen LogP contribution in [-0.4, -0.2) is 35.1 Å². The molecule has 0 unspecified atom stereocenters. The fourth-order valence-corrected chi connectivity index (χ4v) is 4.25. The van der Waals surface area contributed by atoms with E-state index in [9.17, 15) is 14.4 Å². The molecular weight excluding hydrogens is 406 g/mol. The normalized spacial score (nSPS) is 10.9. The molecule has 0 aliphatic carbocycles. The van der Waals surface area contributed by atoms with Crippen LogP contribution < -0.4 is 16.0 Å². The number of carbonyl (C=O) groups is 2. The summed E-state index contributed by atoms with van der Waals surface area (Å²) in [5, 5.41) is 0.449. The summed E-state index contributed by atoms with van der Waals surface area (Å²) in [6.07, 6.45) is 1.18. The minimum Gasteiger partial charge on any atom is -0.494 e. The molecule has 8 nitrogen and oxygen atoms in total. The molecule has 1 aromatic carbocycles. The number of thiophene rings is 1. The number of nitrogens with two attached hydrogens (primary N) is 1. The Hall–Kier alpha value is -3.20. The predicted molar refractivity (Wildman–Crippen MR) is 114 cm³/mol. The quantitative estimate of drug-likeness (QED) is 0.435. The highest BCUT2D eigenvalue weighted by molar-refractivity contribution is 7.20. The number of methoxy groups -OCH3 is 1. The molecule has 2 N–H and O–H groups in total. The van der Waals surface area contributed by atoms with Crippen molar-refractivity contribution >= 4 is 33.4 Å². The van der Waals surface area contributed by atoms with Crippen molar-refractivity contribution in [3.8, 4) is 5.75 Å². The monoisotopic (exact) mass is 429 g/mol. The molecule has 0 aliphatic rings. The predicted octanol–water partition coefficient (Wildman–Crippen LogP) is 2.68. The van der Waals surface area contributed by atoms with Crippen LogP contribution in [0.15, 0.2) is 29.1 Å². The Bertz CT molecular complexity index is 1150. The molecule has 30 heavy (non-hydrogen) atoms. The number of aromatic nitrogens is 2. The smallest absolute Gasteiger partial charge is 0.337 e. The number of amides is 1. The van der Waals surface area contributed by atoms with E-state index in [4.69, 9.17) is 10.5 Å². The summed E-state index contributed by atoms with van der Waals surface area (Å²) in [5.74, 6) is 0.330. The van der Waals surface area contributed by atoms with Crippen molar-refractivity contribution in [3.05, 3.63) is 56.4 Å². The van der Waals surface area contributed by atoms with Crippen molar-refractivity contribution in [2.45, 2.75) is 33.2 Å². The van der Waals surface area contributed by atoms with Gasteiger partial charge in [-0.05, 0) is 43.2 Å². The Morgan fingerprint density at radius 1 is 1.23 bits per heavy atom. The van der Waals surface area contributed by atoms with Gasteiger partial charge in [0.2, 0.25) is 0 Å². The van der Waals surface area contributed by atoms with E-state index in [-0.39, 0.29) is 5.56 Å². The average molecular weight is 429 g/mol. The molecule has 0 atom stereocenters. The Morgan fingerprint density at radius 3 is 2.53 bits per heavy atom. The molecule has 9 heteroatoms. The summed E-state index contributed by atoms with van der Waals surface area (Å²) < 4.78 is 12.0. The summed E-state index contributed by atoms with van der Waals surface area (Å²) in [4.78, 5) is 41.6. The molecule has 0 saturated heterocycles.